The highest BCUT2D eigenvalue weighted by Crippen LogP contribution is 2.21. The SMILES string of the molecule is C[C@H](C(=O)Nc1nccs1)N1CCN(c2ccccc2F)CC1. The van der Waals surface area contributed by atoms with Crippen LogP contribution in [0.2, 0.25) is 0 Å². The second kappa shape index (κ2) is 7.06. The Morgan fingerprint density at radius 2 is 2.04 bits per heavy atom. The van der Waals surface area contributed by atoms with Gasteiger partial charge in [-0.05, 0) is 19.1 Å². The molecule has 0 bridgehead atoms. The normalized spacial score (nSPS) is 17.0. The number of anilines is 2. The van der Waals surface area contributed by atoms with Crippen molar-refractivity contribution in [3.63, 3.8) is 0 Å². The van der Waals surface area contributed by atoms with Gasteiger partial charge in [-0.1, -0.05) is 12.1 Å². The molecule has 122 valence electrons. The number of para-hydroxylation sites is 1. The van der Waals surface area contributed by atoms with Gasteiger partial charge < -0.3 is 10.2 Å². The molecule has 2 aromatic rings. The first-order valence-electron chi connectivity index (χ1n) is 7.59. The summed E-state index contributed by atoms with van der Waals surface area (Å²) in [7, 11) is 0. The number of nitrogens with one attached hydrogen (secondary N) is 1. The second-order valence-electron chi connectivity index (χ2n) is 5.48. The van der Waals surface area contributed by atoms with Gasteiger partial charge in [0.05, 0.1) is 11.7 Å². The number of thiazole rings is 1. The smallest absolute Gasteiger partial charge is 0.243 e. The van der Waals surface area contributed by atoms with Crippen LogP contribution in [0.5, 0.6) is 0 Å². The molecule has 0 spiro atoms. The number of rotatable bonds is 4. The molecule has 1 N–H and O–H groups in total. The molecule has 1 saturated heterocycles. The molecule has 1 aromatic carbocycles. The van der Waals surface area contributed by atoms with Crippen LogP contribution in [0.4, 0.5) is 15.2 Å². The van der Waals surface area contributed by atoms with E-state index >= 15 is 0 Å². The van der Waals surface area contributed by atoms with E-state index in [1.54, 1.807) is 18.3 Å². The third kappa shape index (κ3) is 3.68. The molecule has 0 saturated carbocycles. The predicted octanol–water partition coefficient (Wildman–Crippen LogP) is 2.43. The van der Waals surface area contributed by atoms with E-state index in [1.807, 2.05) is 23.3 Å². The van der Waals surface area contributed by atoms with E-state index in [4.69, 9.17) is 0 Å². The Bertz CT molecular complexity index is 656. The minimum Gasteiger partial charge on any atom is -0.367 e. The Balaban J connectivity index is 1.56. The fourth-order valence-electron chi connectivity index (χ4n) is 2.72. The van der Waals surface area contributed by atoms with Crippen molar-refractivity contribution in [2.24, 2.45) is 0 Å². The van der Waals surface area contributed by atoms with Crippen molar-refractivity contribution in [2.45, 2.75) is 13.0 Å². The van der Waals surface area contributed by atoms with Gasteiger partial charge in [-0.15, -0.1) is 11.3 Å². The fourth-order valence-corrected chi connectivity index (χ4v) is 3.25. The average molecular weight is 334 g/mol. The molecule has 3 rings (SSSR count). The summed E-state index contributed by atoms with van der Waals surface area (Å²) in [6, 6.07) is 6.58. The number of carbonyl (C=O) groups is 1. The van der Waals surface area contributed by atoms with E-state index in [9.17, 15) is 9.18 Å². The van der Waals surface area contributed by atoms with E-state index in [1.165, 1.54) is 17.4 Å². The Morgan fingerprint density at radius 3 is 2.70 bits per heavy atom. The van der Waals surface area contributed by atoms with Crippen molar-refractivity contribution in [1.29, 1.82) is 0 Å². The summed E-state index contributed by atoms with van der Waals surface area (Å²) in [6.45, 7) is 4.74. The summed E-state index contributed by atoms with van der Waals surface area (Å²) in [5, 5.41) is 5.27. The summed E-state index contributed by atoms with van der Waals surface area (Å²) in [5.41, 5.74) is 0.632. The van der Waals surface area contributed by atoms with Gasteiger partial charge in [-0.2, -0.15) is 0 Å². The van der Waals surface area contributed by atoms with Crippen LogP contribution in [0.25, 0.3) is 0 Å². The molecule has 1 aliphatic rings. The molecular weight excluding hydrogens is 315 g/mol. The van der Waals surface area contributed by atoms with Crippen molar-refractivity contribution >= 4 is 28.1 Å². The van der Waals surface area contributed by atoms with E-state index in [0.717, 1.165) is 13.1 Å². The van der Waals surface area contributed by atoms with Crippen LogP contribution in [-0.4, -0.2) is 48.0 Å². The van der Waals surface area contributed by atoms with Crippen LogP contribution >= 0.6 is 11.3 Å². The first kappa shape index (κ1) is 15.9. The zero-order valence-electron chi connectivity index (χ0n) is 12.9. The van der Waals surface area contributed by atoms with Crippen molar-refractivity contribution in [1.82, 2.24) is 9.88 Å². The molecular formula is C16H19FN4OS. The molecule has 7 heteroatoms. The molecule has 1 atom stereocenters. The average Bonchev–Trinajstić information content (AvgIpc) is 3.08. The third-order valence-corrected chi connectivity index (χ3v) is 4.79. The lowest BCUT2D eigenvalue weighted by molar-refractivity contribution is -0.120. The van der Waals surface area contributed by atoms with E-state index in [-0.39, 0.29) is 17.8 Å². The lowest BCUT2D eigenvalue weighted by Gasteiger charge is -2.38. The quantitative estimate of drug-likeness (QED) is 0.933. The van der Waals surface area contributed by atoms with E-state index < -0.39 is 0 Å². The van der Waals surface area contributed by atoms with Crippen LogP contribution in [0.15, 0.2) is 35.8 Å². The van der Waals surface area contributed by atoms with Gasteiger partial charge in [-0.3, -0.25) is 9.69 Å². The number of nitrogens with zero attached hydrogens (tertiary/aromatic N) is 3. The van der Waals surface area contributed by atoms with Crippen molar-refractivity contribution in [3.8, 4) is 0 Å². The number of hydrogen-bond donors (Lipinski definition) is 1. The van der Waals surface area contributed by atoms with Gasteiger partial charge in [0, 0.05) is 37.8 Å². The molecule has 1 fully saturated rings. The first-order valence-corrected chi connectivity index (χ1v) is 8.47. The Morgan fingerprint density at radius 1 is 1.30 bits per heavy atom. The van der Waals surface area contributed by atoms with Crippen LogP contribution in [0.3, 0.4) is 0 Å². The number of halogens is 1. The minimum atomic E-state index is -0.235. The summed E-state index contributed by atoms with van der Waals surface area (Å²) >= 11 is 1.40. The maximum absolute atomic E-state index is 13.8. The van der Waals surface area contributed by atoms with Gasteiger partial charge >= 0.3 is 0 Å². The third-order valence-electron chi connectivity index (χ3n) is 4.10. The summed E-state index contributed by atoms with van der Waals surface area (Å²) in [6.07, 6.45) is 1.66. The van der Waals surface area contributed by atoms with Gasteiger partial charge in [0.1, 0.15) is 5.82 Å². The molecule has 0 aliphatic carbocycles. The fraction of sp³-hybridized carbons (Fsp3) is 0.375. The zero-order valence-corrected chi connectivity index (χ0v) is 13.7. The molecule has 0 unspecified atom stereocenters. The van der Waals surface area contributed by atoms with Crippen LogP contribution in [-0.2, 0) is 4.79 Å². The van der Waals surface area contributed by atoms with Crippen molar-refractivity contribution < 1.29 is 9.18 Å². The topological polar surface area (TPSA) is 48.5 Å². The summed E-state index contributed by atoms with van der Waals surface area (Å²) < 4.78 is 13.8. The molecule has 23 heavy (non-hydrogen) atoms. The van der Waals surface area contributed by atoms with Gasteiger partial charge in [-0.25, -0.2) is 9.37 Å². The maximum Gasteiger partial charge on any atom is 0.243 e. The van der Waals surface area contributed by atoms with Gasteiger partial charge in [0.15, 0.2) is 5.13 Å². The lowest BCUT2D eigenvalue weighted by Crippen LogP contribution is -2.53. The van der Waals surface area contributed by atoms with Crippen LogP contribution < -0.4 is 10.2 Å². The first-order chi connectivity index (χ1) is 11.1. The number of benzene rings is 1. The van der Waals surface area contributed by atoms with Gasteiger partial charge in [0.2, 0.25) is 5.91 Å². The molecule has 2 heterocycles. The zero-order chi connectivity index (χ0) is 16.2. The second-order valence-corrected chi connectivity index (χ2v) is 6.37. The number of aromatic nitrogens is 1. The van der Waals surface area contributed by atoms with Crippen LogP contribution in [0, 0.1) is 5.82 Å². The van der Waals surface area contributed by atoms with Crippen molar-refractivity contribution in [3.05, 3.63) is 41.7 Å². The van der Waals surface area contributed by atoms with Gasteiger partial charge in [0.25, 0.3) is 0 Å². The Hall–Kier alpha value is -1.99. The standard InChI is InChI=1S/C16H19FN4OS/c1-12(15(22)19-16-18-6-11-23-16)20-7-9-21(10-8-20)14-5-3-2-4-13(14)17/h2-6,11-12H,7-10H2,1H3,(H,18,19,22)/t12-/m1/s1. The van der Waals surface area contributed by atoms with E-state index in [0.29, 0.717) is 23.9 Å². The maximum atomic E-state index is 13.8. The number of amides is 1. The molecule has 5 nitrogen and oxygen atoms in total. The monoisotopic (exact) mass is 334 g/mol. The van der Waals surface area contributed by atoms with Crippen molar-refractivity contribution in [2.75, 3.05) is 36.4 Å². The highest BCUT2D eigenvalue weighted by atomic mass is 32.1. The van der Waals surface area contributed by atoms with E-state index in [2.05, 4.69) is 15.2 Å². The molecule has 1 aliphatic heterocycles. The highest BCUT2D eigenvalue weighted by molar-refractivity contribution is 7.13. The molecule has 0 radical (unpaired) electrons. The Kier molecular flexibility index (Phi) is 4.88. The number of hydrogen-bond acceptors (Lipinski definition) is 5. The minimum absolute atomic E-state index is 0.0562. The summed E-state index contributed by atoms with van der Waals surface area (Å²) in [5.74, 6) is -0.255. The summed E-state index contributed by atoms with van der Waals surface area (Å²) in [4.78, 5) is 20.5. The predicted molar refractivity (Wildman–Crippen MR) is 90.4 cm³/mol. The Labute approximate surface area is 138 Å². The molecule has 1 aromatic heterocycles. The number of carbonyl (C=O) groups excluding carboxylic acids is 1. The molecule has 1 amide bonds. The van der Waals surface area contributed by atoms with Crippen LogP contribution in [0.1, 0.15) is 6.92 Å². The largest absolute Gasteiger partial charge is 0.367 e. The number of piperazine rings is 1. The lowest BCUT2D eigenvalue weighted by atomic mass is 10.2. The highest BCUT2D eigenvalue weighted by Gasteiger charge is 2.26.